The highest BCUT2D eigenvalue weighted by molar-refractivity contribution is 4.95. The first-order valence-electron chi connectivity index (χ1n) is 2.91. The second-order valence-electron chi connectivity index (χ2n) is 1.62. The Labute approximate surface area is 51.9 Å². The van der Waals surface area contributed by atoms with Crippen molar-refractivity contribution >= 4 is 0 Å². The van der Waals surface area contributed by atoms with Gasteiger partial charge in [0, 0.05) is 0 Å². The van der Waals surface area contributed by atoms with E-state index in [1.54, 1.807) is 6.08 Å². The smallest absolute Gasteiger partial charge is 0.0348 e. The fourth-order valence-electron chi connectivity index (χ4n) is 0.437. The van der Waals surface area contributed by atoms with E-state index in [1.165, 1.54) is 0 Å². The maximum Gasteiger partial charge on any atom is -0.0348 e. The van der Waals surface area contributed by atoms with E-state index in [0.717, 1.165) is 19.3 Å². The van der Waals surface area contributed by atoms with Crippen LogP contribution in [0.3, 0.4) is 0 Å². The summed E-state index contributed by atoms with van der Waals surface area (Å²) in [7, 11) is 0. The minimum absolute atomic E-state index is 1.01. The summed E-state index contributed by atoms with van der Waals surface area (Å²) in [6.07, 6.45) is 8.71. The summed E-state index contributed by atoms with van der Waals surface area (Å²) in [5, 5.41) is 0. The zero-order valence-corrected chi connectivity index (χ0v) is 5.14. The minimum atomic E-state index is 1.01. The third-order valence-electron chi connectivity index (χ3n) is 0.868. The molecule has 0 heteroatoms. The molecule has 0 aliphatic rings. The highest BCUT2D eigenvalue weighted by Crippen LogP contribution is 1.93. The van der Waals surface area contributed by atoms with Gasteiger partial charge in [-0.1, -0.05) is 38.2 Å². The number of rotatable bonds is 4. The predicted molar refractivity (Wildman–Crippen MR) is 37.2 cm³/mol. The van der Waals surface area contributed by atoms with Crippen molar-refractivity contribution in [3.8, 4) is 0 Å². The lowest BCUT2D eigenvalue weighted by Crippen LogP contribution is -1.64. The van der Waals surface area contributed by atoms with Crippen LogP contribution in [-0.2, 0) is 0 Å². The third kappa shape index (κ3) is 5.48. The SMILES string of the molecule is [CH]=C/C=C/CCC[CH2]. The Morgan fingerprint density at radius 3 is 2.75 bits per heavy atom. The first-order chi connectivity index (χ1) is 3.91. The highest BCUT2D eigenvalue weighted by atomic mass is 13.8. The molecule has 0 N–H and O–H groups in total. The molecule has 0 saturated heterocycles. The van der Waals surface area contributed by atoms with Crippen molar-refractivity contribution in [3.05, 3.63) is 31.7 Å². The molecule has 0 heterocycles. The molecule has 0 fully saturated rings. The van der Waals surface area contributed by atoms with Crippen LogP contribution in [0, 0.1) is 13.5 Å². The van der Waals surface area contributed by atoms with E-state index in [2.05, 4.69) is 6.92 Å². The molecule has 0 aromatic rings. The van der Waals surface area contributed by atoms with E-state index in [4.69, 9.17) is 6.58 Å². The van der Waals surface area contributed by atoms with E-state index >= 15 is 0 Å². The van der Waals surface area contributed by atoms with Crippen molar-refractivity contribution in [3.63, 3.8) is 0 Å². The predicted octanol–water partition coefficient (Wildman–Crippen LogP) is 2.54. The van der Waals surface area contributed by atoms with Gasteiger partial charge in [-0.05, 0) is 12.8 Å². The van der Waals surface area contributed by atoms with Crippen LogP contribution >= 0.6 is 0 Å². The summed E-state index contributed by atoms with van der Waals surface area (Å²) in [6.45, 7) is 8.79. The normalized spacial score (nSPS) is 10.1. The second kappa shape index (κ2) is 6.48. The van der Waals surface area contributed by atoms with Gasteiger partial charge in [-0.25, -0.2) is 0 Å². The van der Waals surface area contributed by atoms with E-state index in [9.17, 15) is 0 Å². The van der Waals surface area contributed by atoms with Gasteiger partial charge in [-0.2, -0.15) is 0 Å². The lowest BCUT2D eigenvalue weighted by Gasteiger charge is -1.84. The Kier molecular flexibility index (Phi) is 6.06. The first kappa shape index (κ1) is 7.48. The van der Waals surface area contributed by atoms with Gasteiger partial charge in [0.1, 0.15) is 0 Å². The van der Waals surface area contributed by atoms with Crippen molar-refractivity contribution in [1.29, 1.82) is 0 Å². The first-order valence-corrected chi connectivity index (χ1v) is 2.91. The van der Waals surface area contributed by atoms with Crippen LogP contribution in [0.15, 0.2) is 18.2 Å². The number of hydrogen-bond acceptors (Lipinski definition) is 0. The van der Waals surface area contributed by atoms with E-state index in [-0.39, 0.29) is 0 Å². The van der Waals surface area contributed by atoms with Crippen LogP contribution < -0.4 is 0 Å². The van der Waals surface area contributed by atoms with Crippen LogP contribution in [0.5, 0.6) is 0 Å². The molecule has 0 aliphatic heterocycles. The molecule has 0 rings (SSSR count). The third-order valence-corrected chi connectivity index (χ3v) is 0.868. The van der Waals surface area contributed by atoms with Crippen LogP contribution in [-0.4, -0.2) is 0 Å². The number of hydrogen-bond donors (Lipinski definition) is 0. The largest absolute Gasteiger partial charge is 0.0845 e. The summed E-state index contributed by atoms with van der Waals surface area (Å²) >= 11 is 0. The lowest BCUT2D eigenvalue weighted by atomic mass is 10.2. The maximum atomic E-state index is 5.08. The summed E-state index contributed by atoms with van der Waals surface area (Å²) in [4.78, 5) is 0. The zero-order valence-electron chi connectivity index (χ0n) is 5.14. The molecule has 0 saturated carbocycles. The van der Waals surface area contributed by atoms with Crippen molar-refractivity contribution in [2.45, 2.75) is 19.3 Å². The average molecular weight is 108 g/mol. The molecule has 0 spiro atoms. The standard InChI is InChI=1S/C8H12/c1-3-5-7-8-6-4-2/h1,3,5,7H,2,4,6,8H2/b3-1?,7-5+. The Bertz CT molecular complexity index is 70.1. The van der Waals surface area contributed by atoms with Gasteiger partial charge in [0.15, 0.2) is 0 Å². The molecular formula is C8H12. The van der Waals surface area contributed by atoms with Gasteiger partial charge in [-0.3, -0.25) is 0 Å². The molecule has 8 heavy (non-hydrogen) atoms. The molecule has 0 aliphatic carbocycles. The fourth-order valence-corrected chi connectivity index (χ4v) is 0.437. The lowest BCUT2D eigenvalue weighted by molar-refractivity contribution is 0.866. The molecule has 0 unspecified atom stereocenters. The monoisotopic (exact) mass is 108 g/mol. The zero-order chi connectivity index (χ0) is 6.24. The molecule has 2 radical (unpaired) electrons. The van der Waals surface area contributed by atoms with Crippen LogP contribution in [0.1, 0.15) is 19.3 Å². The fraction of sp³-hybridized carbons (Fsp3) is 0.375. The molecule has 44 valence electrons. The number of unbranched alkanes of at least 4 members (excludes halogenated alkanes) is 2. The summed E-state index contributed by atoms with van der Waals surface area (Å²) < 4.78 is 0. The molecule has 0 nitrogen and oxygen atoms in total. The van der Waals surface area contributed by atoms with Crippen molar-refractivity contribution in [1.82, 2.24) is 0 Å². The van der Waals surface area contributed by atoms with Crippen molar-refractivity contribution in [2.75, 3.05) is 0 Å². The van der Waals surface area contributed by atoms with Gasteiger partial charge in [0.25, 0.3) is 0 Å². The number of allylic oxidation sites excluding steroid dienone is 3. The molecular weight excluding hydrogens is 96.1 g/mol. The Hall–Kier alpha value is -0.520. The Morgan fingerprint density at radius 2 is 2.25 bits per heavy atom. The Balaban J connectivity index is 2.91. The minimum Gasteiger partial charge on any atom is -0.0845 e. The molecule has 0 aromatic carbocycles. The van der Waals surface area contributed by atoms with Crippen LogP contribution in [0.2, 0.25) is 0 Å². The summed E-state index contributed by atoms with van der Waals surface area (Å²) in [5.74, 6) is 0. The molecule has 0 amide bonds. The van der Waals surface area contributed by atoms with Gasteiger partial charge < -0.3 is 0 Å². The summed E-state index contributed by atoms with van der Waals surface area (Å²) in [6, 6.07) is 0. The van der Waals surface area contributed by atoms with E-state index in [1.807, 2.05) is 12.2 Å². The highest BCUT2D eigenvalue weighted by Gasteiger charge is 1.73. The van der Waals surface area contributed by atoms with Gasteiger partial charge in [-0.15, -0.1) is 0 Å². The average Bonchev–Trinajstić information content (AvgIpc) is 1.81. The second-order valence-corrected chi connectivity index (χ2v) is 1.62. The summed E-state index contributed by atoms with van der Waals surface area (Å²) in [5.41, 5.74) is 0. The van der Waals surface area contributed by atoms with Gasteiger partial charge >= 0.3 is 0 Å². The maximum absolute atomic E-state index is 5.08. The van der Waals surface area contributed by atoms with Crippen LogP contribution in [0.25, 0.3) is 0 Å². The quantitative estimate of drug-likeness (QED) is 0.383. The van der Waals surface area contributed by atoms with Crippen LogP contribution in [0.4, 0.5) is 0 Å². The van der Waals surface area contributed by atoms with E-state index < -0.39 is 0 Å². The Morgan fingerprint density at radius 1 is 1.50 bits per heavy atom. The van der Waals surface area contributed by atoms with Crippen molar-refractivity contribution < 1.29 is 0 Å². The van der Waals surface area contributed by atoms with Crippen molar-refractivity contribution in [2.24, 2.45) is 0 Å². The molecule has 0 atom stereocenters. The molecule has 0 bridgehead atoms. The molecule has 0 aromatic heterocycles. The van der Waals surface area contributed by atoms with E-state index in [0.29, 0.717) is 0 Å². The van der Waals surface area contributed by atoms with Gasteiger partial charge in [0.2, 0.25) is 0 Å². The topological polar surface area (TPSA) is 0 Å². The van der Waals surface area contributed by atoms with Gasteiger partial charge in [0.05, 0.1) is 0 Å².